The third kappa shape index (κ3) is 2.79. The molecule has 3 aromatic rings. The maximum atomic E-state index is 13.0. The van der Waals surface area contributed by atoms with E-state index < -0.39 is 42.0 Å². The summed E-state index contributed by atoms with van der Waals surface area (Å²) in [6.07, 6.45) is 0. The number of amides is 2. The summed E-state index contributed by atoms with van der Waals surface area (Å²) >= 11 is 0. The van der Waals surface area contributed by atoms with Gasteiger partial charge in [-0.3, -0.25) is 24.2 Å². The molecule has 0 saturated carbocycles. The molecular formula is C25H20N2O4. The lowest BCUT2D eigenvalue weighted by Crippen LogP contribution is -2.48. The second kappa shape index (κ2) is 7.18. The predicted molar refractivity (Wildman–Crippen MR) is 113 cm³/mol. The molecule has 2 saturated heterocycles. The van der Waals surface area contributed by atoms with Crippen molar-refractivity contribution in [2.24, 2.45) is 0 Å². The lowest BCUT2D eigenvalue weighted by Gasteiger charge is -2.39. The van der Waals surface area contributed by atoms with Crippen LogP contribution >= 0.6 is 0 Å². The standard InChI is InChI=1S/C25H20N2O4/c28-20(29)16-26-23(30)21-22(24(26)31)27(21)25(17-10-4-1-5-11-17,18-12-6-2-7-13-18)19-14-8-3-9-15-19/h1-15,21-22H,16H2,(H,28,29)/t21-,22+,27?. The highest BCUT2D eigenvalue weighted by Gasteiger charge is 2.72. The summed E-state index contributed by atoms with van der Waals surface area (Å²) in [7, 11) is 0. The van der Waals surface area contributed by atoms with E-state index in [9.17, 15) is 14.4 Å². The van der Waals surface area contributed by atoms with Crippen molar-refractivity contribution in [1.82, 2.24) is 9.80 Å². The van der Waals surface area contributed by atoms with Gasteiger partial charge in [-0.2, -0.15) is 0 Å². The van der Waals surface area contributed by atoms with Gasteiger partial charge in [0.1, 0.15) is 18.6 Å². The molecule has 6 heteroatoms. The molecule has 0 bridgehead atoms. The second-order valence-electron chi connectivity index (χ2n) is 7.76. The minimum atomic E-state index is -1.20. The molecule has 2 aliphatic rings. The summed E-state index contributed by atoms with van der Waals surface area (Å²) in [4.78, 5) is 40.0. The van der Waals surface area contributed by atoms with E-state index in [0.717, 1.165) is 21.6 Å². The molecule has 2 heterocycles. The first-order valence-corrected chi connectivity index (χ1v) is 10.1. The molecule has 0 spiro atoms. The van der Waals surface area contributed by atoms with Crippen molar-refractivity contribution in [3.8, 4) is 0 Å². The Kier molecular flexibility index (Phi) is 4.45. The zero-order chi connectivity index (χ0) is 21.6. The zero-order valence-corrected chi connectivity index (χ0v) is 16.6. The number of hydrogen-bond donors (Lipinski definition) is 1. The van der Waals surface area contributed by atoms with Crippen LogP contribution in [-0.4, -0.2) is 51.3 Å². The molecule has 3 atom stereocenters. The minimum Gasteiger partial charge on any atom is -0.480 e. The van der Waals surface area contributed by atoms with Crippen molar-refractivity contribution >= 4 is 17.8 Å². The average molecular weight is 412 g/mol. The van der Waals surface area contributed by atoms with E-state index in [1.807, 2.05) is 95.9 Å². The lowest BCUT2D eigenvalue weighted by atomic mass is 9.76. The van der Waals surface area contributed by atoms with Crippen LogP contribution in [0, 0.1) is 0 Å². The maximum absolute atomic E-state index is 13.0. The van der Waals surface area contributed by atoms with Crippen molar-refractivity contribution in [2.75, 3.05) is 6.54 Å². The monoisotopic (exact) mass is 412 g/mol. The van der Waals surface area contributed by atoms with Gasteiger partial charge in [-0.15, -0.1) is 0 Å². The molecule has 2 aliphatic heterocycles. The summed E-state index contributed by atoms with van der Waals surface area (Å²) < 4.78 is 0. The van der Waals surface area contributed by atoms with Gasteiger partial charge >= 0.3 is 5.97 Å². The molecule has 0 aromatic heterocycles. The number of aliphatic carboxylic acids is 1. The Bertz CT molecular complexity index is 1030. The molecule has 1 unspecified atom stereocenters. The summed E-state index contributed by atoms with van der Waals surface area (Å²) in [5, 5.41) is 9.11. The van der Waals surface area contributed by atoms with Gasteiger partial charge in [-0.25, -0.2) is 0 Å². The number of nitrogens with zero attached hydrogens (tertiary/aromatic N) is 2. The van der Waals surface area contributed by atoms with Crippen molar-refractivity contribution in [3.63, 3.8) is 0 Å². The normalized spacial score (nSPS) is 22.3. The van der Waals surface area contributed by atoms with Gasteiger partial charge in [0.15, 0.2) is 0 Å². The van der Waals surface area contributed by atoms with Gasteiger partial charge in [-0.1, -0.05) is 91.0 Å². The number of carboxylic acids is 1. The number of piperazine rings is 1. The fourth-order valence-electron chi connectivity index (χ4n) is 4.86. The van der Waals surface area contributed by atoms with Crippen molar-refractivity contribution in [3.05, 3.63) is 108 Å². The number of likely N-dealkylation sites (tertiary alicyclic amines) is 1. The largest absolute Gasteiger partial charge is 0.480 e. The molecule has 5 rings (SSSR count). The van der Waals surface area contributed by atoms with Gasteiger partial charge < -0.3 is 5.11 Å². The molecule has 1 N–H and O–H groups in total. The van der Waals surface area contributed by atoms with E-state index in [1.165, 1.54) is 0 Å². The lowest BCUT2D eigenvalue weighted by molar-refractivity contribution is -0.151. The molecule has 0 aliphatic carbocycles. The SMILES string of the molecule is O=C(O)CN1C(=O)[C@@H]2[C@H](C1=O)N2C(c1ccccc1)(c1ccccc1)c1ccccc1. The quantitative estimate of drug-likeness (QED) is 0.382. The molecular weight excluding hydrogens is 392 g/mol. The summed E-state index contributed by atoms with van der Waals surface area (Å²) in [6.45, 7) is -0.604. The first kappa shape index (κ1) is 19.2. The fraction of sp³-hybridized carbons (Fsp3) is 0.160. The van der Waals surface area contributed by atoms with E-state index in [2.05, 4.69) is 0 Å². The van der Waals surface area contributed by atoms with Crippen LogP contribution in [0.5, 0.6) is 0 Å². The molecule has 0 radical (unpaired) electrons. The van der Waals surface area contributed by atoms with Crippen molar-refractivity contribution in [1.29, 1.82) is 0 Å². The third-order valence-corrected chi connectivity index (χ3v) is 6.10. The van der Waals surface area contributed by atoms with Crippen LogP contribution < -0.4 is 0 Å². The Labute approximate surface area is 179 Å². The van der Waals surface area contributed by atoms with Gasteiger partial charge in [0.05, 0.1) is 5.54 Å². The Morgan fingerprint density at radius 2 is 1.06 bits per heavy atom. The van der Waals surface area contributed by atoms with Crippen LogP contribution in [0.1, 0.15) is 16.7 Å². The number of benzene rings is 3. The Morgan fingerprint density at radius 1 is 0.710 bits per heavy atom. The summed E-state index contributed by atoms with van der Waals surface area (Å²) in [5.41, 5.74) is 1.95. The second-order valence-corrected chi connectivity index (χ2v) is 7.76. The molecule has 2 fully saturated rings. The van der Waals surface area contributed by atoms with Gasteiger partial charge in [-0.05, 0) is 16.7 Å². The third-order valence-electron chi connectivity index (χ3n) is 6.10. The van der Waals surface area contributed by atoms with E-state index in [1.54, 1.807) is 0 Å². The Morgan fingerprint density at radius 3 is 1.39 bits per heavy atom. The Balaban J connectivity index is 1.71. The first-order valence-electron chi connectivity index (χ1n) is 10.1. The van der Waals surface area contributed by atoms with E-state index in [4.69, 9.17) is 5.11 Å². The average Bonchev–Trinajstić information content (AvgIpc) is 3.49. The van der Waals surface area contributed by atoms with Crippen molar-refractivity contribution in [2.45, 2.75) is 17.6 Å². The molecule has 2 amide bonds. The maximum Gasteiger partial charge on any atom is 0.323 e. The molecule has 3 aromatic carbocycles. The van der Waals surface area contributed by atoms with E-state index in [0.29, 0.717) is 0 Å². The van der Waals surface area contributed by atoms with Gasteiger partial charge in [0, 0.05) is 0 Å². The highest BCUT2D eigenvalue weighted by atomic mass is 16.4. The minimum absolute atomic E-state index is 0.454. The zero-order valence-electron chi connectivity index (χ0n) is 16.6. The predicted octanol–water partition coefficient (Wildman–Crippen LogP) is 2.48. The fourth-order valence-corrected chi connectivity index (χ4v) is 4.86. The number of carbonyl (C=O) groups excluding carboxylic acids is 2. The smallest absolute Gasteiger partial charge is 0.323 e. The highest BCUT2D eigenvalue weighted by molar-refractivity contribution is 6.14. The van der Waals surface area contributed by atoms with Gasteiger partial charge in [0.25, 0.3) is 0 Å². The number of hydrogen-bond acceptors (Lipinski definition) is 4. The summed E-state index contributed by atoms with van der Waals surface area (Å²) in [6, 6.07) is 28.0. The molecule has 154 valence electrons. The summed E-state index contributed by atoms with van der Waals surface area (Å²) in [5.74, 6) is -2.11. The number of rotatable bonds is 6. The first-order chi connectivity index (χ1) is 15.1. The number of carboxylic acid groups (broad SMARTS) is 1. The van der Waals surface area contributed by atoms with Crippen LogP contribution in [0.25, 0.3) is 0 Å². The highest BCUT2D eigenvalue weighted by Crippen LogP contribution is 2.54. The number of carbonyl (C=O) groups is 3. The molecule has 6 nitrogen and oxygen atoms in total. The van der Waals surface area contributed by atoms with Crippen LogP contribution in [0.2, 0.25) is 0 Å². The van der Waals surface area contributed by atoms with Crippen LogP contribution in [-0.2, 0) is 19.9 Å². The topological polar surface area (TPSA) is 77.7 Å². The van der Waals surface area contributed by atoms with E-state index >= 15 is 0 Å². The van der Waals surface area contributed by atoms with E-state index in [-0.39, 0.29) is 0 Å². The van der Waals surface area contributed by atoms with Crippen LogP contribution in [0.15, 0.2) is 91.0 Å². The molecule has 31 heavy (non-hydrogen) atoms. The van der Waals surface area contributed by atoms with Crippen LogP contribution in [0.4, 0.5) is 0 Å². The number of fused-ring (bicyclic) bond motifs is 1. The van der Waals surface area contributed by atoms with Crippen molar-refractivity contribution < 1.29 is 19.5 Å². The number of imide groups is 1. The van der Waals surface area contributed by atoms with Gasteiger partial charge in [0.2, 0.25) is 11.8 Å². The van der Waals surface area contributed by atoms with Crippen LogP contribution in [0.3, 0.4) is 0 Å². The Hall–Kier alpha value is -3.77.